The molecule has 19 heavy (non-hydrogen) atoms. The normalized spacial score (nSPS) is 12.7. The minimum Gasteiger partial charge on any atom is -0.321 e. The van der Waals surface area contributed by atoms with Crippen LogP contribution in [-0.2, 0) is 11.2 Å². The third-order valence-electron chi connectivity index (χ3n) is 3.50. The Morgan fingerprint density at radius 2 is 1.47 bits per heavy atom. The number of aldehydes is 1. The lowest BCUT2D eigenvalue weighted by molar-refractivity contribution is -0.108. The van der Waals surface area contributed by atoms with E-state index in [1.165, 1.54) is 21.5 Å². The van der Waals surface area contributed by atoms with Crippen molar-refractivity contribution in [2.75, 3.05) is 0 Å². The van der Waals surface area contributed by atoms with Crippen molar-refractivity contribution in [1.82, 2.24) is 0 Å². The molecule has 0 aliphatic rings. The van der Waals surface area contributed by atoms with Gasteiger partial charge in [-0.3, -0.25) is 0 Å². The van der Waals surface area contributed by atoms with Crippen molar-refractivity contribution < 1.29 is 4.79 Å². The first-order chi connectivity index (χ1) is 9.29. The topological polar surface area (TPSA) is 43.1 Å². The molecule has 0 heterocycles. The van der Waals surface area contributed by atoms with Gasteiger partial charge in [0, 0.05) is 0 Å². The largest absolute Gasteiger partial charge is 0.321 e. The molecule has 3 rings (SSSR count). The standard InChI is InChI=1S/C17H15NO/c18-14(11-19)10-17-15-7-3-1-5-12(15)9-13-6-2-4-8-16(13)17/h1-9,11,14H,10,18H2/t14-/m1/s1. The van der Waals surface area contributed by atoms with Crippen LogP contribution in [0.25, 0.3) is 21.5 Å². The lowest BCUT2D eigenvalue weighted by atomic mass is 9.93. The average Bonchev–Trinajstić information content (AvgIpc) is 2.46. The van der Waals surface area contributed by atoms with Gasteiger partial charge in [-0.2, -0.15) is 0 Å². The number of benzene rings is 3. The van der Waals surface area contributed by atoms with Gasteiger partial charge in [0.05, 0.1) is 6.04 Å². The van der Waals surface area contributed by atoms with E-state index < -0.39 is 6.04 Å². The predicted molar refractivity (Wildman–Crippen MR) is 79.2 cm³/mol. The van der Waals surface area contributed by atoms with Crippen molar-refractivity contribution in [2.24, 2.45) is 5.73 Å². The van der Waals surface area contributed by atoms with Crippen LogP contribution in [0.2, 0.25) is 0 Å². The summed E-state index contributed by atoms with van der Waals surface area (Å²) in [6.45, 7) is 0. The molecular formula is C17H15NO. The van der Waals surface area contributed by atoms with Gasteiger partial charge < -0.3 is 10.5 Å². The Labute approximate surface area is 111 Å². The van der Waals surface area contributed by atoms with Crippen molar-refractivity contribution >= 4 is 27.8 Å². The zero-order valence-corrected chi connectivity index (χ0v) is 10.5. The van der Waals surface area contributed by atoms with Gasteiger partial charge in [0.25, 0.3) is 0 Å². The summed E-state index contributed by atoms with van der Waals surface area (Å²) in [6.07, 6.45) is 1.39. The number of hydrogen-bond acceptors (Lipinski definition) is 2. The summed E-state index contributed by atoms with van der Waals surface area (Å²) in [5, 5.41) is 4.74. The summed E-state index contributed by atoms with van der Waals surface area (Å²) in [6, 6.07) is 18.2. The van der Waals surface area contributed by atoms with Crippen molar-refractivity contribution in [1.29, 1.82) is 0 Å². The van der Waals surface area contributed by atoms with E-state index in [1.807, 2.05) is 24.3 Å². The third kappa shape index (κ3) is 2.11. The molecule has 0 aromatic heterocycles. The van der Waals surface area contributed by atoms with Gasteiger partial charge in [-0.1, -0.05) is 48.5 Å². The molecule has 0 saturated heterocycles. The predicted octanol–water partition coefficient (Wildman–Crippen LogP) is 3.06. The van der Waals surface area contributed by atoms with Crippen LogP contribution in [0.3, 0.4) is 0 Å². The van der Waals surface area contributed by atoms with E-state index in [4.69, 9.17) is 5.73 Å². The Balaban J connectivity index is 2.35. The van der Waals surface area contributed by atoms with Crippen LogP contribution in [0, 0.1) is 0 Å². The molecule has 2 N–H and O–H groups in total. The maximum Gasteiger partial charge on any atom is 0.137 e. The Morgan fingerprint density at radius 3 is 2.00 bits per heavy atom. The highest BCUT2D eigenvalue weighted by atomic mass is 16.1. The maximum absolute atomic E-state index is 10.9. The molecule has 0 aliphatic carbocycles. The molecule has 0 radical (unpaired) electrons. The second-order valence-electron chi connectivity index (χ2n) is 4.80. The SMILES string of the molecule is N[C@@H](C=O)Cc1c2ccccc2cc2ccccc12. The van der Waals surface area contributed by atoms with E-state index in [1.54, 1.807) is 0 Å². The summed E-state index contributed by atoms with van der Waals surface area (Å²) >= 11 is 0. The van der Waals surface area contributed by atoms with Crippen molar-refractivity contribution in [2.45, 2.75) is 12.5 Å². The molecule has 3 aromatic rings. The summed E-state index contributed by atoms with van der Waals surface area (Å²) < 4.78 is 0. The van der Waals surface area contributed by atoms with Crippen LogP contribution >= 0.6 is 0 Å². The van der Waals surface area contributed by atoms with E-state index >= 15 is 0 Å². The first-order valence-electron chi connectivity index (χ1n) is 6.40. The van der Waals surface area contributed by atoms with Crippen LogP contribution in [0.4, 0.5) is 0 Å². The van der Waals surface area contributed by atoms with E-state index in [9.17, 15) is 4.79 Å². The minimum absolute atomic E-state index is 0.450. The summed E-state index contributed by atoms with van der Waals surface area (Å²) in [4.78, 5) is 10.9. The van der Waals surface area contributed by atoms with Gasteiger partial charge in [-0.15, -0.1) is 0 Å². The Morgan fingerprint density at radius 1 is 0.947 bits per heavy atom. The van der Waals surface area contributed by atoms with Gasteiger partial charge in [0.1, 0.15) is 6.29 Å². The molecule has 3 aromatic carbocycles. The highest BCUT2D eigenvalue weighted by Crippen LogP contribution is 2.29. The number of nitrogens with two attached hydrogens (primary N) is 1. The Bertz CT molecular complexity index is 694. The number of carbonyl (C=O) groups is 1. The molecule has 0 aliphatic heterocycles. The van der Waals surface area contributed by atoms with Gasteiger partial charge in [0.2, 0.25) is 0 Å². The molecule has 0 amide bonds. The van der Waals surface area contributed by atoms with Crippen LogP contribution in [0.5, 0.6) is 0 Å². The number of carbonyl (C=O) groups excluding carboxylic acids is 1. The number of hydrogen-bond donors (Lipinski definition) is 1. The highest BCUT2D eigenvalue weighted by molar-refractivity contribution is 6.02. The van der Waals surface area contributed by atoms with Crippen LogP contribution in [-0.4, -0.2) is 12.3 Å². The third-order valence-corrected chi connectivity index (χ3v) is 3.50. The average molecular weight is 249 g/mol. The lowest BCUT2D eigenvalue weighted by Crippen LogP contribution is -2.24. The van der Waals surface area contributed by atoms with Gasteiger partial charge in [-0.05, 0) is 39.6 Å². The summed E-state index contributed by atoms with van der Waals surface area (Å²) in [7, 11) is 0. The molecular weight excluding hydrogens is 234 g/mol. The van der Waals surface area contributed by atoms with Crippen molar-refractivity contribution in [3.63, 3.8) is 0 Å². The van der Waals surface area contributed by atoms with Crippen LogP contribution in [0.1, 0.15) is 5.56 Å². The Kier molecular flexibility index (Phi) is 3.02. The summed E-state index contributed by atoms with van der Waals surface area (Å²) in [5.74, 6) is 0. The number of fused-ring (bicyclic) bond motifs is 2. The molecule has 0 saturated carbocycles. The fourth-order valence-electron chi connectivity index (χ4n) is 2.61. The lowest BCUT2D eigenvalue weighted by Gasteiger charge is -2.12. The quantitative estimate of drug-likeness (QED) is 0.572. The highest BCUT2D eigenvalue weighted by Gasteiger charge is 2.10. The first-order valence-corrected chi connectivity index (χ1v) is 6.40. The second-order valence-corrected chi connectivity index (χ2v) is 4.80. The zero-order valence-electron chi connectivity index (χ0n) is 10.5. The zero-order chi connectivity index (χ0) is 13.2. The maximum atomic E-state index is 10.9. The summed E-state index contributed by atoms with van der Waals surface area (Å²) in [5.41, 5.74) is 6.98. The van der Waals surface area contributed by atoms with Crippen molar-refractivity contribution in [3.8, 4) is 0 Å². The smallest absolute Gasteiger partial charge is 0.137 e. The molecule has 1 atom stereocenters. The molecule has 2 heteroatoms. The monoisotopic (exact) mass is 249 g/mol. The minimum atomic E-state index is -0.450. The van der Waals surface area contributed by atoms with Crippen LogP contribution < -0.4 is 5.73 Å². The molecule has 0 spiro atoms. The van der Waals surface area contributed by atoms with Gasteiger partial charge in [0.15, 0.2) is 0 Å². The number of rotatable bonds is 3. The van der Waals surface area contributed by atoms with Gasteiger partial charge in [-0.25, -0.2) is 0 Å². The molecule has 94 valence electrons. The molecule has 0 bridgehead atoms. The fraction of sp³-hybridized carbons (Fsp3) is 0.118. The van der Waals surface area contributed by atoms with E-state index in [2.05, 4.69) is 30.3 Å². The second kappa shape index (κ2) is 4.82. The van der Waals surface area contributed by atoms with E-state index in [0.29, 0.717) is 6.42 Å². The molecule has 0 fully saturated rings. The Hall–Kier alpha value is -2.19. The molecule has 2 nitrogen and oxygen atoms in total. The first kappa shape index (κ1) is 11.9. The van der Waals surface area contributed by atoms with Crippen molar-refractivity contribution in [3.05, 3.63) is 60.2 Å². The van der Waals surface area contributed by atoms with E-state index in [-0.39, 0.29) is 0 Å². The fourth-order valence-corrected chi connectivity index (χ4v) is 2.61. The van der Waals surface area contributed by atoms with E-state index in [0.717, 1.165) is 11.8 Å². The van der Waals surface area contributed by atoms with Crippen LogP contribution in [0.15, 0.2) is 54.6 Å². The molecule has 0 unspecified atom stereocenters. The van der Waals surface area contributed by atoms with Gasteiger partial charge >= 0.3 is 0 Å².